The highest BCUT2D eigenvalue weighted by atomic mass is 16.5. The minimum absolute atomic E-state index is 0.498. The van der Waals surface area contributed by atoms with Crippen LogP contribution in [0.4, 0.5) is 0 Å². The second-order valence-corrected chi connectivity index (χ2v) is 5.65. The van der Waals surface area contributed by atoms with E-state index in [0.29, 0.717) is 12.1 Å². The van der Waals surface area contributed by atoms with Crippen LogP contribution in [-0.2, 0) is 0 Å². The van der Waals surface area contributed by atoms with Crippen molar-refractivity contribution < 1.29 is 4.74 Å². The fourth-order valence-corrected chi connectivity index (χ4v) is 2.98. The Balaban J connectivity index is 1.64. The molecule has 0 bridgehead atoms. The Morgan fingerprint density at radius 3 is 2.89 bits per heavy atom. The second-order valence-electron chi connectivity index (χ2n) is 5.65. The van der Waals surface area contributed by atoms with Gasteiger partial charge in [0.25, 0.3) is 0 Å². The Morgan fingerprint density at radius 2 is 2.11 bits per heavy atom. The van der Waals surface area contributed by atoms with E-state index < -0.39 is 0 Å². The molecular weight excluding hydrogens is 222 g/mol. The van der Waals surface area contributed by atoms with Gasteiger partial charge in [0.05, 0.1) is 6.10 Å². The lowest BCUT2D eigenvalue weighted by Crippen LogP contribution is -2.25. The third kappa shape index (κ3) is 2.86. The third-order valence-corrected chi connectivity index (χ3v) is 4.08. The molecular formula is C16H23NO. The molecule has 0 radical (unpaired) electrons. The SMILES string of the molecule is CCNC1CCC(c2cccc(OC3CC3)c2)C1. The van der Waals surface area contributed by atoms with Gasteiger partial charge in [0.1, 0.15) is 5.75 Å². The highest BCUT2D eigenvalue weighted by Gasteiger charge is 2.26. The molecule has 2 fully saturated rings. The van der Waals surface area contributed by atoms with Crippen LogP contribution < -0.4 is 10.1 Å². The lowest BCUT2D eigenvalue weighted by molar-refractivity contribution is 0.302. The monoisotopic (exact) mass is 245 g/mol. The number of hydrogen-bond acceptors (Lipinski definition) is 2. The second kappa shape index (κ2) is 5.31. The summed E-state index contributed by atoms with van der Waals surface area (Å²) in [7, 11) is 0. The summed E-state index contributed by atoms with van der Waals surface area (Å²) in [4.78, 5) is 0. The summed E-state index contributed by atoms with van der Waals surface area (Å²) in [5, 5.41) is 3.57. The molecule has 2 heteroatoms. The van der Waals surface area contributed by atoms with Gasteiger partial charge in [-0.3, -0.25) is 0 Å². The van der Waals surface area contributed by atoms with Gasteiger partial charge in [-0.25, -0.2) is 0 Å². The van der Waals surface area contributed by atoms with Gasteiger partial charge < -0.3 is 10.1 Å². The van der Waals surface area contributed by atoms with Crippen molar-refractivity contribution in [3.05, 3.63) is 29.8 Å². The lowest BCUT2D eigenvalue weighted by atomic mass is 9.97. The highest BCUT2D eigenvalue weighted by Crippen LogP contribution is 2.36. The molecule has 0 aliphatic heterocycles. The van der Waals surface area contributed by atoms with E-state index in [0.717, 1.165) is 18.2 Å². The first-order valence-corrected chi connectivity index (χ1v) is 7.35. The molecule has 0 aromatic heterocycles. The molecule has 2 saturated carbocycles. The fraction of sp³-hybridized carbons (Fsp3) is 0.625. The Hall–Kier alpha value is -1.02. The van der Waals surface area contributed by atoms with Gasteiger partial charge in [0.15, 0.2) is 0 Å². The molecule has 1 aromatic carbocycles. The fourth-order valence-electron chi connectivity index (χ4n) is 2.98. The summed E-state index contributed by atoms with van der Waals surface area (Å²) in [5.41, 5.74) is 1.47. The average molecular weight is 245 g/mol. The summed E-state index contributed by atoms with van der Waals surface area (Å²) in [6.07, 6.45) is 6.86. The van der Waals surface area contributed by atoms with Gasteiger partial charge in [-0.2, -0.15) is 0 Å². The summed E-state index contributed by atoms with van der Waals surface area (Å²) in [6.45, 7) is 3.28. The number of benzene rings is 1. The minimum atomic E-state index is 0.498. The topological polar surface area (TPSA) is 21.3 Å². The van der Waals surface area contributed by atoms with Gasteiger partial charge >= 0.3 is 0 Å². The quantitative estimate of drug-likeness (QED) is 0.857. The van der Waals surface area contributed by atoms with E-state index in [-0.39, 0.29) is 0 Å². The Morgan fingerprint density at radius 1 is 1.22 bits per heavy atom. The molecule has 2 aliphatic rings. The van der Waals surface area contributed by atoms with E-state index in [1.165, 1.54) is 37.7 Å². The smallest absolute Gasteiger partial charge is 0.119 e. The van der Waals surface area contributed by atoms with Crippen LogP contribution in [0.1, 0.15) is 50.5 Å². The maximum Gasteiger partial charge on any atom is 0.119 e. The van der Waals surface area contributed by atoms with Crippen molar-refractivity contribution in [1.82, 2.24) is 5.32 Å². The number of nitrogens with one attached hydrogen (secondary N) is 1. The van der Waals surface area contributed by atoms with Crippen LogP contribution in [0.15, 0.2) is 24.3 Å². The normalized spacial score (nSPS) is 27.4. The largest absolute Gasteiger partial charge is 0.490 e. The van der Waals surface area contributed by atoms with E-state index in [1.807, 2.05) is 0 Å². The van der Waals surface area contributed by atoms with Crippen LogP contribution in [-0.4, -0.2) is 18.7 Å². The van der Waals surface area contributed by atoms with Crippen molar-refractivity contribution in [3.8, 4) is 5.75 Å². The summed E-state index contributed by atoms with van der Waals surface area (Å²) >= 11 is 0. The molecule has 18 heavy (non-hydrogen) atoms. The summed E-state index contributed by atoms with van der Waals surface area (Å²) < 4.78 is 5.88. The number of rotatable bonds is 5. The van der Waals surface area contributed by atoms with Crippen LogP contribution in [0.25, 0.3) is 0 Å². The van der Waals surface area contributed by atoms with Crippen LogP contribution in [0.5, 0.6) is 5.75 Å². The Kier molecular flexibility index (Phi) is 3.55. The molecule has 2 atom stereocenters. The van der Waals surface area contributed by atoms with E-state index >= 15 is 0 Å². The van der Waals surface area contributed by atoms with E-state index in [9.17, 15) is 0 Å². The van der Waals surface area contributed by atoms with E-state index in [2.05, 4.69) is 36.5 Å². The van der Waals surface area contributed by atoms with Gasteiger partial charge in [0.2, 0.25) is 0 Å². The van der Waals surface area contributed by atoms with Gasteiger partial charge in [-0.05, 0) is 62.3 Å². The summed E-state index contributed by atoms with van der Waals surface area (Å²) in [6, 6.07) is 9.48. The van der Waals surface area contributed by atoms with Crippen LogP contribution in [0.3, 0.4) is 0 Å². The Bertz CT molecular complexity index is 400. The Labute approximate surface area is 110 Å². The molecule has 1 N–H and O–H groups in total. The summed E-state index contributed by atoms with van der Waals surface area (Å²) in [5.74, 6) is 1.79. The van der Waals surface area contributed by atoms with Crippen molar-refractivity contribution >= 4 is 0 Å². The zero-order valence-corrected chi connectivity index (χ0v) is 11.2. The van der Waals surface area contributed by atoms with Crippen LogP contribution in [0.2, 0.25) is 0 Å². The van der Waals surface area contributed by atoms with E-state index in [1.54, 1.807) is 0 Å². The van der Waals surface area contributed by atoms with Crippen molar-refractivity contribution in [2.24, 2.45) is 0 Å². The molecule has 2 aliphatic carbocycles. The first-order chi connectivity index (χ1) is 8.85. The van der Waals surface area contributed by atoms with Gasteiger partial charge in [-0.15, -0.1) is 0 Å². The molecule has 0 saturated heterocycles. The molecule has 2 nitrogen and oxygen atoms in total. The molecule has 2 unspecified atom stereocenters. The van der Waals surface area contributed by atoms with Gasteiger partial charge in [-0.1, -0.05) is 19.1 Å². The highest BCUT2D eigenvalue weighted by molar-refractivity contribution is 5.32. The maximum absolute atomic E-state index is 5.88. The molecule has 3 rings (SSSR count). The first kappa shape index (κ1) is 12.0. The van der Waals surface area contributed by atoms with Crippen molar-refractivity contribution in [3.63, 3.8) is 0 Å². The minimum Gasteiger partial charge on any atom is -0.490 e. The zero-order chi connectivity index (χ0) is 12.4. The standard InChI is InChI=1S/C16H23NO/c1-2-17-14-7-6-13(10-14)12-4-3-5-16(11-12)18-15-8-9-15/h3-5,11,13-15,17H,2,6-10H2,1H3. The first-order valence-electron chi connectivity index (χ1n) is 7.35. The number of hydrogen-bond donors (Lipinski definition) is 1. The maximum atomic E-state index is 5.88. The third-order valence-electron chi connectivity index (χ3n) is 4.08. The van der Waals surface area contributed by atoms with Crippen molar-refractivity contribution in [2.45, 2.75) is 57.1 Å². The molecule has 0 spiro atoms. The molecule has 98 valence electrons. The predicted octanol–water partition coefficient (Wildman–Crippen LogP) is 3.47. The van der Waals surface area contributed by atoms with Crippen LogP contribution in [0, 0.1) is 0 Å². The molecule has 1 aromatic rings. The van der Waals surface area contributed by atoms with Gasteiger partial charge in [0, 0.05) is 6.04 Å². The van der Waals surface area contributed by atoms with Crippen molar-refractivity contribution in [1.29, 1.82) is 0 Å². The predicted molar refractivity (Wildman–Crippen MR) is 74.1 cm³/mol. The zero-order valence-electron chi connectivity index (χ0n) is 11.2. The van der Waals surface area contributed by atoms with Crippen molar-refractivity contribution in [2.75, 3.05) is 6.54 Å². The lowest BCUT2D eigenvalue weighted by Gasteiger charge is -2.13. The van der Waals surface area contributed by atoms with E-state index in [4.69, 9.17) is 4.74 Å². The average Bonchev–Trinajstić information content (AvgIpc) is 3.06. The number of ether oxygens (including phenoxy) is 1. The molecule has 0 heterocycles. The van der Waals surface area contributed by atoms with Crippen LogP contribution >= 0.6 is 0 Å². The molecule has 0 amide bonds.